The Morgan fingerprint density at radius 1 is 0.821 bits per heavy atom. The molecule has 0 fully saturated rings. The second-order valence-electron chi connectivity index (χ2n) is 12.9. The van der Waals surface area contributed by atoms with Gasteiger partial charge in [0.25, 0.3) is 0 Å². The molecule has 0 aliphatic rings. The summed E-state index contributed by atoms with van der Waals surface area (Å²) in [6, 6.07) is 12.3. The molecule has 216 valence electrons. The van der Waals surface area contributed by atoms with Gasteiger partial charge in [0.05, 0.1) is 5.69 Å². The van der Waals surface area contributed by atoms with Gasteiger partial charge < -0.3 is 24.7 Å². The molecule has 2 N–H and O–H groups in total. The quantitative estimate of drug-likeness (QED) is 0.0547. The summed E-state index contributed by atoms with van der Waals surface area (Å²) in [5, 5.41) is 0. The van der Waals surface area contributed by atoms with E-state index in [4.69, 9.17) is 24.7 Å². The minimum atomic E-state index is -1.11. The van der Waals surface area contributed by atoms with Crippen LogP contribution in [0.2, 0.25) is 51.4 Å². The second kappa shape index (κ2) is 15.5. The molecule has 5 nitrogen and oxygen atoms in total. The van der Waals surface area contributed by atoms with Crippen LogP contribution in [0.15, 0.2) is 42.0 Å². The third kappa shape index (κ3) is 13.5. The molecular weight excluding hydrogens is 519 g/mol. The number of ether oxygens (including phenoxy) is 4. The van der Waals surface area contributed by atoms with Crippen LogP contribution in [-0.2, 0) is 15.9 Å². The lowest BCUT2D eigenvalue weighted by Crippen LogP contribution is -2.22. The molecule has 0 unspecified atom stereocenters. The summed E-state index contributed by atoms with van der Waals surface area (Å²) < 4.78 is 23.2. The SMILES string of the molecule is CC(C)=CCc1c(C)cc(OCOCC[Si](C)(C)C)cc1/C=C/c1ccc(OCOCC[Si](C)(C)C)c(N)c1. The van der Waals surface area contributed by atoms with Crippen LogP contribution in [0.25, 0.3) is 12.2 Å². The molecule has 0 saturated carbocycles. The monoisotopic (exact) mass is 569 g/mol. The lowest BCUT2D eigenvalue weighted by atomic mass is 9.96. The number of benzene rings is 2. The predicted octanol–water partition coefficient (Wildman–Crippen LogP) is 8.64. The number of allylic oxidation sites excluding steroid dienone is 2. The van der Waals surface area contributed by atoms with E-state index in [0.29, 0.717) is 11.4 Å². The van der Waals surface area contributed by atoms with Crippen molar-refractivity contribution >= 4 is 34.0 Å². The summed E-state index contributed by atoms with van der Waals surface area (Å²) in [4.78, 5) is 0. The molecule has 0 saturated heterocycles. The smallest absolute Gasteiger partial charge is 0.189 e. The van der Waals surface area contributed by atoms with Gasteiger partial charge >= 0.3 is 0 Å². The average Bonchev–Trinajstić information content (AvgIpc) is 2.81. The highest BCUT2D eigenvalue weighted by Crippen LogP contribution is 2.28. The third-order valence-electron chi connectivity index (χ3n) is 6.28. The van der Waals surface area contributed by atoms with Crippen LogP contribution in [0.1, 0.15) is 36.1 Å². The summed E-state index contributed by atoms with van der Waals surface area (Å²) in [7, 11) is -2.23. The Labute approximate surface area is 239 Å². The number of nitrogen functional groups attached to an aromatic ring is 1. The van der Waals surface area contributed by atoms with Crippen molar-refractivity contribution in [1.29, 1.82) is 0 Å². The maximum absolute atomic E-state index is 6.29. The molecule has 2 rings (SSSR count). The van der Waals surface area contributed by atoms with Gasteiger partial charge in [0.2, 0.25) is 0 Å². The zero-order chi connectivity index (χ0) is 29.1. The van der Waals surface area contributed by atoms with E-state index in [1.807, 2.05) is 18.2 Å². The lowest BCUT2D eigenvalue weighted by molar-refractivity contribution is 0.0219. The molecule has 0 amide bonds. The minimum absolute atomic E-state index is 0.214. The van der Waals surface area contributed by atoms with E-state index in [-0.39, 0.29) is 13.6 Å². The Bertz CT molecular complexity index is 1110. The fourth-order valence-electron chi connectivity index (χ4n) is 3.70. The summed E-state index contributed by atoms with van der Waals surface area (Å²) in [6.45, 7) is 22.4. The molecule has 0 aliphatic carbocycles. The first-order chi connectivity index (χ1) is 18.2. The Hall–Kier alpha value is -2.33. The topological polar surface area (TPSA) is 62.9 Å². The molecule has 0 aromatic heterocycles. The Kier molecular flexibility index (Phi) is 13.0. The van der Waals surface area contributed by atoms with Crippen molar-refractivity contribution < 1.29 is 18.9 Å². The highest BCUT2D eigenvalue weighted by atomic mass is 28.3. The van der Waals surface area contributed by atoms with Gasteiger partial charge in [-0.1, -0.05) is 69.1 Å². The van der Waals surface area contributed by atoms with Gasteiger partial charge in [0.1, 0.15) is 11.5 Å². The van der Waals surface area contributed by atoms with Gasteiger partial charge in [-0.15, -0.1) is 0 Å². The van der Waals surface area contributed by atoms with Crippen molar-refractivity contribution in [3.63, 3.8) is 0 Å². The van der Waals surface area contributed by atoms with E-state index in [1.54, 1.807) is 0 Å². The first kappa shape index (κ1) is 32.9. The maximum atomic E-state index is 6.29. The summed E-state index contributed by atoms with van der Waals surface area (Å²) in [6.07, 6.45) is 7.34. The van der Waals surface area contributed by atoms with Crippen LogP contribution in [0.5, 0.6) is 11.5 Å². The highest BCUT2D eigenvalue weighted by molar-refractivity contribution is 6.76. The van der Waals surface area contributed by atoms with Gasteiger partial charge in [-0.25, -0.2) is 0 Å². The zero-order valence-corrected chi connectivity index (χ0v) is 27.8. The van der Waals surface area contributed by atoms with Crippen molar-refractivity contribution in [2.75, 3.05) is 32.5 Å². The Morgan fingerprint density at radius 3 is 2.00 bits per heavy atom. The van der Waals surface area contributed by atoms with Crippen LogP contribution in [0, 0.1) is 6.92 Å². The molecule has 7 heteroatoms. The minimum Gasteiger partial charge on any atom is -0.468 e. The molecule has 0 radical (unpaired) electrons. The predicted molar refractivity (Wildman–Crippen MR) is 173 cm³/mol. The first-order valence-electron chi connectivity index (χ1n) is 14.0. The van der Waals surface area contributed by atoms with E-state index < -0.39 is 16.1 Å². The molecule has 0 bridgehead atoms. The van der Waals surface area contributed by atoms with E-state index in [2.05, 4.69) is 90.4 Å². The van der Waals surface area contributed by atoms with E-state index in [9.17, 15) is 0 Å². The van der Waals surface area contributed by atoms with Crippen LogP contribution in [0.3, 0.4) is 0 Å². The van der Waals surface area contributed by atoms with Crippen molar-refractivity contribution in [2.24, 2.45) is 0 Å². The normalized spacial score (nSPS) is 12.1. The molecule has 0 spiro atoms. The number of nitrogens with two attached hydrogens (primary N) is 1. The molecule has 2 aromatic carbocycles. The van der Waals surface area contributed by atoms with Crippen molar-refractivity contribution in [3.05, 3.63) is 64.2 Å². The van der Waals surface area contributed by atoms with Gasteiger partial charge in [-0.3, -0.25) is 0 Å². The number of aryl methyl sites for hydroxylation is 1. The average molecular weight is 570 g/mol. The van der Waals surface area contributed by atoms with Crippen molar-refractivity contribution in [3.8, 4) is 11.5 Å². The fraction of sp³-hybridized carbons (Fsp3) is 0.500. The standard InChI is InChI=1S/C32H51NO4Si2/c1-25(2)10-14-30-26(3)20-29(36-23-34-16-18-38(4,5)6)22-28(30)13-11-27-12-15-32(31(33)21-27)37-24-35-17-19-39(7,8)9/h10-13,15,20-22H,14,16-19,23-24,33H2,1-9H3/b13-11+. The molecular formula is C32H51NO4Si2. The van der Waals surface area contributed by atoms with Crippen LogP contribution < -0.4 is 15.2 Å². The first-order valence-corrected chi connectivity index (χ1v) is 21.4. The molecule has 0 aliphatic heterocycles. The van der Waals surface area contributed by atoms with Gasteiger partial charge in [-0.05, 0) is 85.8 Å². The van der Waals surface area contributed by atoms with E-state index in [1.165, 1.54) is 16.7 Å². The Morgan fingerprint density at radius 2 is 1.44 bits per heavy atom. The van der Waals surface area contributed by atoms with Crippen molar-refractivity contribution in [2.45, 2.75) is 78.6 Å². The summed E-state index contributed by atoms with van der Waals surface area (Å²) in [5.74, 6) is 1.46. The van der Waals surface area contributed by atoms with Gasteiger partial charge in [-0.2, -0.15) is 0 Å². The highest BCUT2D eigenvalue weighted by Gasteiger charge is 2.13. The fourth-order valence-corrected chi connectivity index (χ4v) is 5.22. The molecule has 0 atom stereocenters. The lowest BCUT2D eigenvalue weighted by Gasteiger charge is -2.16. The third-order valence-corrected chi connectivity index (χ3v) is 9.69. The van der Waals surface area contributed by atoms with E-state index >= 15 is 0 Å². The van der Waals surface area contributed by atoms with Gasteiger partial charge in [0.15, 0.2) is 13.6 Å². The molecule has 0 heterocycles. The number of hydrogen-bond donors (Lipinski definition) is 1. The summed E-state index contributed by atoms with van der Waals surface area (Å²) in [5.41, 5.74) is 12.8. The number of anilines is 1. The zero-order valence-electron chi connectivity index (χ0n) is 25.8. The van der Waals surface area contributed by atoms with Crippen LogP contribution in [-0.4, -0.2) is 42.9 Å². The number of rotatable bonds is 16. The summed E-state index contributed by atoms with van der Waals surface area (Å²) >= 11 is 0. The second-order valence-corrected chi connectivity index (χ2v) is 24.1. The maximum Gasteiger partial charge on any atom is 0.189 e. The molecule has 39 heavy (non-hydrogen) atoms. The van der Waals surface area contributed by atoms with E-state index in [0.717, 1.165) is 48.6 Å². The van der Waals surface area contributed by atoms with Gasteiger partial charge in [0, 0.05) is 29.4 Å². The van der Waals surface area contributed by atoms with Crippen LogP contribution >= 0.6 is 0 Å². The Balaban J connectivity index is 2.11. The van der Waals surface area contributed by atoms with Crippen LogP contribution in [0.4, 0.5) is 5.69 Å². The molecule has 2 aromatic rings. The largest absolute Gasteiger partial charge is 0.468 e. The van der Waals surface area contributed by atoms with Crippen molar-refractivity contribution in [1.82, 2.24) is 0 Å². The number of hydrogen-bond acceptors (Lipinski definition) is 5.